The van der Waals surface area contributed by atoms with Crippen molar-refractivity contribution in [1.29, 1.82) is 0 Å². The van der Waals surface area contributed by atoms with Crippen molar-refractivity contribution in [2.24, 2.45) is 0 Å². The Balaban J connectivity index is 2.65. The van der Waals surface area contributed by atoms with Crippen molar-refractivity contribution in [1.82, 2.24) is 4.98 Å². The minimum atomic E-state index is -4.75. The number of alkyl halides is 6. The number of hydrogen-bond donors (Lipinski definition) is 0. The van der Waals surface area contributed by atoms with Gasteiger partial charge < -0.3 is 4.74 Å². The average Bonchev–Trinajstić information content (AvgIpc) is 2.45. The molecule has 8 heteroatoms. The van der Waals surface area contributed by atoms with Crippen LogP contribution in [-0.4, -0.2) is 12.1 Å². The number of aromatic nitrogens is 1. The molecule has 0 aliphatic carbocycles. The number of ether oxygens (including phenoxy) is 1. The van der Waals surface area contributed by atoms with Crippen LogP contribution in [0.5, 0.6) is 5.88 Å². The highest BCUT2D eigenvalue weighted by Gasteiger charge is 2.35. The van der Waals surface area contributed by atoms with Gasteiger partial charge in [0, 0.05) is 17.8 Å². The zero-order valence-corrected chi connectivity index (χ0v) is 11.1. The molecule has 1 heterocycles. The van der Waals surface area contributed by atoms with Crippen molar-refractivity contribution in [2.45, 2.75) is 12.4 Å². The third kappa shape index (κ3) is 3.32. The molecule has 0 fully saturated rings. The van der Waals surface area contributed by atoms with Gasteiger partial charge in [-0.1, -0.05) is 12.1 Å². The Morgan fingerprint density at radius 1 is 0.955 bits per heavy atom. The Bertz CT molecular complexity index is 678. The van der Waals surface area contributed by atoms with Gasteiger partial charge >= 0.3 is 12.4 Å². The maximum atomic E-state index is 13.0. The zero-order valence-electron chi connectivity index (χ0n) is 11.1. The highest BCUT2D eigenvalue weighted by molar-refractivity contribution is 5.69. The summed E-state index contributed by atoms with van der Waals surface area (Å²) in [5, 5.41) is 0. The van der Waals surface area contributed by atoms with Crippen LogP contribution in [0, 0.1) is 0 Å². The average molecular weight is 321 g/mol. The lowest BCUT2D eigenvalue weighted by molar-refractivity contribution is -0.137. The molecule has 0 bridgehead atoms. The topological polar surface area (TPSA) is 22.1 Å². The highest BCUT2D eigenvalue weighted by Crippen LogP contribution is 2.39. The molecule has 1 aromatic heterocycles. The van der Waals surface area contributed by atoms with E-state index in [-0.39, 0.29) is 11.4 Å². The van der Waals surface area contributed by atoms with Gasteiger partial charge in [-0.15, -0.1) is 0 Å². The maximum Gasteiger partial charge on any atom is 0.418 e. The second-order valence-corrected chi connectivity index (χ2v) is 4.35. The summed E-state index contributed by atoms with van der Waals surface area (Å²) in [4.78, 5) is 3.46. The van der Waals surface area contributed by atoms with Crippen LogP contribution in [0.4, 0.5) is 26.3 Å². The number of nitrogens with zero attached hydrogens (tertiary/aromatic N) is 1. The smallest absolute Gasteiger partial charge is 0.418 e. The van der Waals surface area contributed by atoms with Crippen molar-refractivity contribution in [3.63, 3.8) is 0 Å². The number of methoxy groups -OCH3 is 1. The molecule has 0 amide bonds. The summed E-state index contributed by atoms with van der Waals surface area (Å²) in [7, 11) is 1.20. The minimum absolute atomic E-state index is 0.125. The molecule has 0 saturated carbocycles. The Labute approximate surface area is 121 Å². The second-order valence-electron chi connectivity index (χ2n) is 4.35. The normalized spacial score (nSPS) is 12.3. The van der Waals surface area contributed by atoms with Crippen LogP contribution in [0.25, 0.3) is 11.1 Å². The molecule has 118 valence electrons. The summed E-state index contributed by atoms with van der Waals surface area (Å²) in [5.74, 6) is -0.125. The Morgan fingerprint density at radius 3 is 2.18 bits per heavy atom. The molecule has 2 aromatic rings. The largest absolute Gasteiger partial charge is 0.481 e. The van der Waals surface area contributed by atoms with E-state index in [0.717, 1.165) is 18.2 Å². The van der Waals surface area contributed by atoms with E-state index in [1.165, 1.54) is 13.2 Å². The first-order valence-corrected chi connectivity index (χ1v) is 5.92. The number of halogens is 6. The molecule has 0 aliphatic heterocycles. The van der Waals surface area contributed by atoms with Crippen LogP contribution in [0.3, 0.4) is 0 Å². The van der Waals surface area contributed by atoms with Gasteiger partial charge in [-0.2, -0.15) is 26.3 Å². The van der Waals surface area contributed by atoms with Crippen LogP contribution in [-0.2, 0) is 12.4 Å². The number of benzene rings is 1. The maximum absolute atomic E-state index is 13.0. The predicted octanol–water partition coefficient (Wildman–Crippen LogP) is 4.79. The van der Waals surface area contributed by atoms with E-state index in [1.807, 2.05) is 0 Å². The molecular formula is C14H9F6NO. The SMILES string of the molecule is COc1cc(-c2cccc(C(F)(F)F)c2)c(C(F)(F)F)cn1. The first-order chi connectivity index (χ1) is 10.1. The van der Waals surface area contributed by atoms with Gasteiger partial charge in [0.25, 0.3) is 0 Å². The Hall–Kier alpha value is -2.25. The quantitative estimate of drug-likeness (QED) is 0.742. The molecule has 22 heavy (non-hydrogen) atoms. The van der Waals surface area contributed by atoms with E-state index in [0.29, 0.717) is 12.3 Å². The lowest BCUT2D eigenvalue weighted by Crippen LogP contribution is -2.09. The fraction of sp³-hybridized carbons (Fsp3) is 0.214. The van der Waals surface area contributed by atoms with E-state index >= 15 is 0 Å². The van der Waals surface area contributed by atoms with Gasteiger partial charge in [-0.05, 0) is 17.7 Å². The monoisotopic (exact) mass is 321 g/mol. The summed E-state index contributed by atoms with van der Waals surface area (Å²) in [6.07, 6.45) is -8.86. The van der Waals surface area contributed by atoms with Crippen molar-refractivity contribution < 1.29 is 31.1 Å². The molecule has 0 aliphatic rings. The van der Waals surface area contributed by atoms with Crippen molar-refractivity contribution in [3.05, 3.63) is 47.7 Å². The van der Waals surface area contributed by atoms with Crippen molar-refractivity contribution >= 4 is 0 Å². The molecule has 0 radical (unpaired) electrons. The molecule has 2 rings (SSSR count). The first-order valence-electron chi connectivity index (χ1n) is 5.92. The van der Waals surface area contributed by atoms with Gasteiger partial charge in [0.1, 0.15) is 0 Å². The molecule has 0 N–H and O–H groups in total. The standard InChI is InChI=1S/C14H9F6NO/c1-22-12-6-10(11(7-21-12)14(18,19)20)8-3-2-4-9(5-8)13(15,16)17/h2-7H,1H3. The third-order valence-corrected chi connectivity index (χ3v) is 2.89. The van der Waals surface area contributed by atoms with Crippen LogP contribution < -0.4 is 4.74 Å². The molecule has 2 nitrogen and oxygen atoms in total. The predicted molar refractivity (Wildman–Crippen MR) is 66.2 cm³/mol. The van der Waals surface area contributed by atoms with Crippen LogP contribution in [0.1, 0.15) is 11.1 Å². The van der Waals surface area contributed by atoms with Gasteiger partial charge in [0.05, 0.1) is 18.2 Å². The van der Waals surface area contributed by atoms with E-state index in [1.54, 1.807) is 0 Å². The second kappa shape index (κ2) is 5.51. The van der Waals surface area contributed by atoms with Crippen LogP contribution in [0.15, 0.2) is 36.5 Å². The number of rotatable bonds is 2. The summed E-state index contributed by atoms with van der Waals surface area (Å²) in [6.45, 7) is 0. The van der Waals surface area contributed by atoms with E-state index < -0.39 is 29.0 Å². The van der Waals surface area contributed by atoms with E-state index in [9.17, 15) is 26.3 Å². The van der Waals surface area contributed by atoms with Gasteiger partial charge in [-0.3, -0.25) is 0 Å². The van der Waals surface area contributed by atoms with Crippen molar-refractivity contribution in [3.8, 4) is 17.0 Å². The Kier molecular flexibility index (Phi) is 4.04. The van der Waals surface area contributed by atoms with Gasteiger partial charge in [0.15, 0.2) is 0 Å². The van der Waals surface area contributed by atoms with Gasteiger partial charge in [-0.25, -0.2) is 4.98 Å². The van der Waals surface area contributed by atoms with Crippen LogP contribution in [0.2, 0.25) is 0 Å². The first kappa shape index (κ1) is 16.1. The lowest BCUT2D eigenvalue weighted by Gasteiger charge is -2.15. The van der Waals surface area contributed by atoms with Crippen LogP contribution >= 0.6 is 0 Å². The minimum Gasteiger partial charge on any atom is -0.481 e. The number of pyridine rings is 1. The number of hydrogen-bond acceptors (Lipinski definition) is 2. The molecule has 0 saturated heterocycles. The lowest BCUT2D eigenvalue weighted by atomic mass is 9.99. The zero-order chi connectivity index (χ0) is 16.5. The fourth-order valence-electron chi connectivity index (χ4n) is 1.88. The summed E-state index contributed by atoms with van der Waals surface area (Å²) >= 11 is 0. The molecule has 0 unspecified atom stereocenters. The summed E-state index contributed by atoms with van der Waals surface area (Å²) < 4.78 is 81.9. The molecular weight excluding hydrogens is 312 g/mol. The molecule has 0 atom stereocenters. The molecule has 0 spiro atoms. The van der Waals surface area contributed by atoms with E-state index in [4.69, 9.17) is 4.74 Å². The van der Waals surface area contributed by atoms with E-state index in [2.05, 4.69) is 4.98 Å². The summed E-state index contributed by atoms with van der Waals surface area (Å²) in [6, 6.07) is 4.61. The van der Waals surface area contributed by atoms with Crippen molar-refractivity contribution in [2.75, 3.05) is 7.11 Å². The van der Waals surface area contributed by atoms with Gasteiger partial charge in [0.2, 0.25) is 5.88 Å². The summed E-state index contributed by atoms with van der Waals surface area (Å²) in [5.41, 5.74) is -2.81. The fourth-order valence-corrected chi connectivity index (χ4v) is 1.88. The highest BCUT2D eigenvalue weighted by atomic mass is 19.4. The third-order valence-electron chi connectivity index (χ3n) is 2.89. The molecule has 1 aromatic carbocycles. The Morgan fingerprint density at radius 2 is 1.64 bits per heavy atom.